The Kier molecular flexibility index (Phi) is 7.83. The molecule has 0 amide bonds. The van der Waals surface area contributed by atoms with Crippen molar-refractivity contribution < 1.29 is 27.8 Å². The van der Waals surface area contributed by atoms with Gasteiger partial charge in [0.25, 0.3) is 0 Å². The third kappa shape index (κ3) is 5.55. The molecular weight excluding hydrogens is 550 g/mol. The van der Waals surface area contributed by atoms with Gasteiger partial charge in [0.15, 0.2) is 17.7 Å². The van der Waals surface area contributed by atoms with Crippen LogP contribution >= 0.6 is 11.6 Å². The van der Waals surface area contributed by atoms with Crippen molar-refractivity contribution in [2.24, 2.45) is 0 Å². The average Bonchev–Trinajstić information content (AvgIpc) is 3.31. The molecule has 5 rings (SSSR count). The van der Waals surface area contributed by atoms with Gasteiger partial charge in [-0.3, -0.25) is 0 Å². The lowest BCUT2D eigenvalue weighted by Gasteiger charge is -2.30. The van der Waals surface area contributed by atoms with E-state index in [9.17, 15) is 13.6 Å². The number of pyridine rings is 1. The number of hydrogen-bond acceptors (Lipinski definition) is 5. The van der Waals surface area contributed by atoms with Gasteiger partial charge in [0.1, 0.15) is 11.4 Å². The number of halogens is 3. The van der Waals surface area contributed by atoms with Crippen LogP contribution in [0.5, 0.6) is 5.75 Å². The van der Waals surface area contributed by atoms with Crippen LogP contribution in [0.25, 0.3) is 22.2 Å². The van der Waals surface area contributed by atoms with E-state index in [0.29, 0.717) is 39.8 Å². The van der Waals surface area contributed by atoms with Gasteiger partial charge in [-0.1, -0.05) is 17.7 Å². The number of rotatable bonds is 6. The van der Waals surface area contributed by atoms with Crippen LogP contribution in [0, 0.1) is 25.5 Å². The zero-order chi connectivity index (χ0) is 29.6. The van der Waals surface area contributed by atoms with Gasteiger partial charge >= 0.3 is 5.97 Å². The molecule has 0 spiro atoms. The number of methoxy groups -OCH3 is 1. The summed E-state index contributed by atoms with van der Waals surface area (Å²) in [4.78, 5) is 18.2. The summed E-state index contributed by atoms with van der Waals surface area (Å²) in [6, 6.07) is 7.63. The smallest absolute Gasteiger partial charge is 0.339 e. The number of ether oxygens (including phenoxy) is 3. The van der Waals surface area contributed by atoms with Gasteiger partial charge in [0, 0.05) is 34.9 Å². The standard InChI is InChI=1S/C32H33ClF2N2O4/c1-17-20-8-7-13-40-28(20)23(33)15-22(17)27-21-11-12-37(16-19-9-10-24(34)25(35)14-19)30(21)36-18(2)26(27)29(31(38)39-6)41-32(3,4)5/h9-12,14-15,29H,7-8,13,16H2,1-6H3. The van der Waals surface area contributed by atoms with Crippen LogP contribution in [-0.2, 0) is 27.2 Å². The van der Waals surface area contributed by atoms with Crippen molar-refractivity contribution in [3.8, 4) is 16.9 Å². The molecule has 1 atom stereocenters. The second-order valence-corrected chi connectivity index (χ2v) is 11.7. The van der Waals surface area contributed by atoms with E-state index >= 15 is 0 Å². The predicted molar refractivity (Wildman–Crippen MR) is 155 cm³/mol. The third-order valence-electron chi connectivity index (χ3n) is 7.33. The highest BCUT2D eigenvalue weighted by Gasteiger charge is 2.35. The molecule has 9 heteroatoms. The first-order valence-corrected chi connectivity index (χ1v) is 13.9. The Labute approximate surface area is 243 Å². The van der Waals surface area contributed by atoms with Gasteiger partial charge in [-0.05, 0) is 94.0 Å². The van der Waals surface area contributed by atoms with E-state index in [1.807, 2.05) is 57.5 Å². The minimum Gasteiger partial charge on any atom is -0.492 e. The summed E-state index contributed by atoms with van der Waals surface area (Å²) in [5.74, 6) is -1.66. The molecule has 6 nitrogen and oxygen atoms in total. The van der Waals surface area contributed by atoms with Gasteiger partial charge in [-0.15, -0.1) is 0 Å². The fraction of sp³-hybridized carbons (Fsp3) is 0.375. The van der Waals surface area contributed by atoms with Crippen LogP contribution in [0.1, 0.15) is 61.2 Å². The summed E-state index contributed by atoms with van der Waals surface area (Å²) < 4.78 is 46.9. The molecule has 3 heterocycles. The van der Waals surface area contributed by atoms with E-state index in [0.717, 1.165) is 46.5 Å². The van der Waals surface area contributed by atoms with Crippen molar-refractivity contribution in [1.82, 2.24) is 9.55 Å². The topological polar surface area (TPSA) is 62.6 Å². The first-order valence-electron chi connectivity index (χ1n) is 13.5. The molecule has 4 aromatic rings. The minimum absolute atomic E-state index is 0.266. The number of hydrogen-bond donors (Lipinski definition) is 0. The Balaban J connectivity index is 1.80. The minimum atomic E-state index is -1.06. The molecule has 41 heavy (non-hydrogen) atoms. The first-order chi connectivity index (χ1) is 19.4. The lowest BCUT2D eigenvalue weighted by molar-refractivity contribution is -0.164. The van der Waals surface area contributed by atoms with E-state index in [2.05, 4.69) is 0 Å². The molecule has 0 saturated carbocycles. The molecule has 216 valence electrons. The number of carbonyl (C=O) groups is 1. The van der Waals surface area contributed by atoms with Crippen molar-refractivity contribution in [2.75, 3.05) is 13.7 Å². The molecule has 1 unspecified atom stereocenters. The molecule has 2 aromatic carbocycles. The van der Waals surface area contributed by atoms with E-state index in [4.69, 9.17) is 30.8 Å². The number of aryl methyl sites for hydroxylation is 1. The summed E-state index contributed by atoms with van der Waals surface area (Å²) in [7, 11) is 1.33. The summed E-state index contributed by atoms with van der Waals surface area (Å²) in [5, 5.41) is 1.25. The normalized spacial score (nSPS) is 14.1. The summed E-state index contributed by atoms with van der Waals surface area (Å²) >= 11 is 6.79. The number of fused-ring (bicyclic) bond motifs is 2. The predicted octanol–water partition coefficient (Wildman–Crippen LogP) is 7.65. The largest absolute Gasteiger partial charge is 0.492 e. The van der Waals surface area contributed by atoms with Crippen LogP contribution in [0.15, 0.2) is 36.5 Å². The molecule has 0 bridgehead atoms. The zero-order valence-corrected chi connectivity index (χ0v) is 24.8. The second-order valence-electron chi connectivity index (χ2n) is 11.3. The van der Waals surface area contributed by atoms with Crippen LogP contribution in [-0.4, -0.2) is 34.8 Å². The third-order valence-corrected chi connectivity index (χ3v) is 7.61. The molecular formula is C32H33ClF2N2O4. The van der Waals surface area contributed by atoms with Crippen LogP contribution < -0.4 is 4.74 Å². The fourth-order valence-corrected chi connectivity index (χ4v) is 5.78. The van der Waals surface area contributed by atoms with E-state index < -0.39 is 29.3 Å². The van der Waals surface area contributed by atoms with Gasteiger partial charge in [0.2, 0.25) is 0 Å². The molecule has 1 aliphatic heterocycles. The van der Waals surface area contributed by atoms with Crippen LogP contribution in [0.2, 0.25) is 5.02 Å². The molecule has 0 fully saturated rings. The van der Waals surface area contributed by atoms with E-state index in [1.165, 1.54) is 13.2 Å². The highest BCUT2D eigenvalue weighted by molar-refractivity contribution is 6.32. The molecule has 0 radical (unpaired) electrons. The van der Waals surface area contributed by atoms with Crippen LogP contribution in [0.3, 0.4) is 0 Å². The zero-order valence-electron chi connectivity index (χ0n) is 24.0. The lowest BCUT2D eigenvalue weighted by atomic mass is 9.87. The van der Waals surface area contributed by atoms with Crippen molar-refractivity contribution >= 4 is 28.6 Å². The number of benzene rings is 2. The lowest BCUT2D eigenvalue weighted by Crippen LogP contribution is -2.29. The van der Waals surface area contributed by atoms with Crippen molar-refractivity contribution in [1.29, 1.82) is 0 Å². The van der Waals surface area contributed by atoms with Gasteiger partial charge in [-0.25, -0.2) is 18.6 Å². The molecule has 2 aromatic heterocycles. The van der Waals surface area contributed by atoms with Crippen molar-refractivity contribution in [3.05, 3.63) is 81.1 Å². The Morgan fingerprint density at radius 3 is 2.61 bits per heavy atom. The first kappa shape index (κ1) is 29.0. The Bertz CT molecular complexity index is 1660. The van der Waals surface area contributed by atoms with Crippen molar-refractivity contribution in [3.63, 3.8) is 0 Å². The maximum Gasteiger partial charge on any atom is 0.339 e. The van der Waals surface area contributed by atoms with E-state index in [1.54, 1.807) is 6.07 Å². The maximum absolute atomic E-state index is 14.0. The Hall–Kier alpha value is -3.49. The highest BCUT2D eigenvalue weighted by atomic mass is 35.5. The number of esters is 1. The Morgan fingerprint density at radius 1 is 1.17 bits per heavy atom. The highest BCUT2D eigenvalue weighted by Crippen LogP contribution is 2.46. The van der Waals surface area contributed by atoms with Gasteiger partial charge in [-0.2, -0.15) is 0 Å². The van der Waals surface area contributed by atoms with Gasteiger partial charge < -0.3 is 18.8 Å². The molecule has 0 aliphatic carbocycles. The van der Waals surface area contributed by atoms with Gasteiger partial charge in [0.05, 0.1) is 24.3 Å². The SMILES string of the molecule is COC(=O)C(OC(C)(C)C)c1c(C)nc2c(ccn2Cc2ccc(F)c(F)c2)c1-c1cc(Cl)c2c(c1C)CCCO2. The summed E-state index contributed by atoms with van der Waals surface area (Å²) in [6.07, 6.45) is 2.47. The van der Waals surface area contributed by atoms with Crippen LogP contribution in [0.4, 0.5) is 8.78 Å². The summed E-state index contributed by atoms with van der Waals surface area (Å²) in [5.41, 5.74) is 5.29. The average molecular weight is 583 g/mol. The number of carbonyl (C=O) groups excluding carboxylic acids is 1. The maximum atomic E-state index is 14.0. The van der Waals surface area contributed by atoms with Crippen molar-refractivity contribution in [2.45, 2.75) is 65.7 Å². The molecule has 0 N–H and O–H groups in total. The summed E-state index contributed by atoms with van der Waals surface area (Å²) in [6.45, 7) is 10.4. The quantitative estimate of drug-likeness (QED) is 0.218. The second kappa shape index (κ2) is 11.1. The monoisotopic (exact) mass is 582 g/mol. The fourth-order valence-electron chi connectivity index (χ4n) is 5.51. The van der Waals surface area contributed by atoms with E-state index in [-0.39, 0.29) is 6.54 Å². The molecule has 0 saturated heterocycles. The number of nitrogens with zero attached hydrogens (tertiary/aromatic N) is 2. The molecule has 1 aliphatic rings. The Morgan fingerprint density at radius 2 is 1.93 bits per heavy atom. The number of aromatic nitrogens is 2.